The van der Waals surface area contributed by atoms with Crippen LogP contribution in [0.5, 0.6) is 0 Å². The Morgan fingerprint density at radius 1 is 1.00 bits per heavy atom. The molecule has 2 amide bonds. The minimum Gasteiger partial charge on any atom is -0.464 e. The number of hydrogen-bond acceptors (Lipinski definition) is 5. The summed E-state index contributed by atoms with van der Waals surface area (Å²) < 4.78 is 11.8. The van der Waals surface area contributed by atoms with E-state index in [1.165, 1.54) is 0 Å². The Balaban J connectivity index is 1.22. The molecule has 2 N–H and O–H groups in total. The Hall–Kier alpha value is -4.65. The lowest BCUT2D eigenvalue weighted by Crippen LogP contribution is -2.23. The van der Waals surface area contributed by atoms with E-state index in [9.17, 15) is 9.59 Å². The number of nitrogens with zero attached hydrogens (tertiary/aromatic N) is 1. The molecule has 7 heteroatoms. The molecule has 0 saturated heterocycles. The molecule has 2 aromatic heterocycles. The maximum atomic E-state index is 13.3. The fraction of sp³-hybridized carbons (Fsp3) is 0.219. The normalized spacial score (nSPS) is 14.1. The average Bonchev–Trinajstić information content (AvgIpc) is 3.48. The number of benzene rings is 3. The molecule has 0 unspecified atom stereocenters. The number of anilines is 1. The third kappa shape index (κ3) is 4.61. The zero-order valence-electron chi connectivity index (χ0n) is 22.2. The summed E-state index contributed by atoms with van der Waals surface area (Å²) in [4.78, 5) is 26.1. The van der Waals surface area contributed by atoms with Crippen LogP contribution in [0.4, 0.5) is 5.69 Å². The van der Waals surface area contributed by atoms with Gasteiger partial charge in [0.1, 0.15) is 11.3 Å². The lowest BCUT2D eigenvalue weighted by atomic mass is 9.93. The van der Waals surface area contributed by atoms with Gasteiger partial charge in [-0.3, -0.25) is 9.59 Å². The van der Waals surface area contributed by atoms with Gasteiger partial charge in [-0.2, -0.15) is 5.10 Å². The summed E-state index contributed by atoms with van der Waals surface area (Å²) >= 11 is 0. The minimum absolute atomic E-state index is 0.156. The number of furan rings is 2. The highest BCUT2D eigenvalue weighted by Crippen LogP contribution is 2.31. The zero-order valence-corrected chi connectivity index (χ0v) is 22.2. The monoisotopic (exact) mass is 519 g/mol. The van der Waals surface area contributed by atoms with Crippen LogP contribution >= 0.6 is 0 Å². The maximum absolute atomic E-state index is 13.3. The summed E-state index contributed by atoms with van der Waals surface area (Å²) in [6.45, 7) is 5.91. The first kappa shape index (κ1) is 24.7. The molecule has 0 saturated carbocycles. The van der Waals surface area contributed by atoms with E-state index in [0.29, 0.717) is 12.8 Å². The van der Waals surface area contributed by atoms with E-state index < -0.39 is 0 Å². The third-order valence-corrected chi connectivity index (χ3v) is 7.33. The first-order chi connectivity index (χ1) is 18.9. The van der Waals surface area contributed by atoms with E-state index in [4.69, 9.17) is 8.83 Å². The maximum Gasteiger partial charge on any atom is 0.291 e. The topological polar surface area (TPSA) is 96.8 Å². The molecule has 7 nitrogen and oxygen atoms in total. The molecule has 0 bridgehead atoms. The van der Waals surface area contributed by atoms with Gasteiger partial charge in [-0.15, -0.1) is 0 Å². The standard InChI is InChI=1S/C32H29N3O4/c1-18-14-19(2)29-22(17-38-27(29)15-18)16-28(36)35-34-25-12-7-13-26-30(25)20(3)31(39-26)32(37)33-24-11-6-9-21-8-4-5-10-23(21)24/h4-6,8-11,14-15,17H,7,12-13,16H2,1-3H3,(H,33,37)(H,35,36)/b34-25+. The van der Waals surface area contributed by atoms with Crippen molar-refractivity contribution in [2.75, 3.05) is 5.32 Å². The lowest BCUT2D eigenvalue weighted by molar-refractivity contribution is -0.120. The number of amides is 2. The smallest absolute Gasteiger partial charge is 0.291 e. The largest absolute Gasteiger partial charge is 0.464 e. The number of fused-ring (bicyclic) bond motifs is 3. The fourth-order valence-corrected chi connectivity index (χ4v) is 5.61. The van der Waals surface area contributed by atoms with Gasteiger partial charge in [0.05, 0.1) is 18.4 Å². The zero-order chi connectivity index (χ0) is 27.1. The van der Waals surface area contributed by atoms with E-state index >= 15 is 0 Å². The van der Waals surface area contributed by atoms with Crippen molar-refractivity contribution in [3.63, 3.8) is 0 Å². The van der Waals surface area contributed by atoms with Crippen molar-refractivity contribution in [3.8, 4) is 0 Å². The Morgan fingerprint density at radius 2 is 1.82 bits per heavy atom. The molecule has 0 radical (unpaired) electrons. The molecule has 0 atom stereocenters. The first-order valence-corrected chi connectivity index (χ1v) is 13.1. The Kier molecular flexibility index (Phi) is 6.27. The van der Waals surface area contributed by atoms with E-state index in [2.05, 4.69) is 21.9 Å². The second-order valence-electron chi connectivity index (χ2n) is 10.2. The summed E-state index contributed by atoms with van der Waals surface area (Å²) in [6, 6.07) is 17.8. The van der Waals surface area contributed by atoms with Gasteiger partial charge < -0.3 is 14.2 Å². The highest BCUT2D eigenvalue weighted by molar-refractivity contribution is 6.11. The van der Waals surface area contributed by atoms with Gasteiger partial charge in [0.25, 0.3) is 5.91 Å². The number of hydrazone groups is 1. The summed E-state index contributed by atoms with van der Waals surface area (Å²) in [5.41, 5.74) is 9.50. The van der Waals surface area contributed by atoms with Gasteiger partial charge in [-0.25, -0.2) is 5.43 Å². The number of aryl methyl sites for hydroxylation is 3. The van der Waals surface area contributed by atoms with Crippen molar-refractivity contribution < 1.29 is 18.4 Å². The molecule has 5 aromatic rings. The van der Waals surface area contributed by atoms with Crippen molar-refractivity contribution in [1.82, 2.24) is 5.43 Å². The highest BCUT2D eigenvalue weighted by Gasteiger charge is 2.28. The van der Waals surface area contributed by atoms with Crippen LogP contribution in [0.2, 0.25) is 0 Å². The van der Waals surface area contributed by atoms with Gasteiger partial charge in [-0.1, -0.05) is 42.5 Å². The van der Waals surface area contributed by atoms with E-state index in [1.807, 2.05) is 69.3 Å². The van der Waals surface area contributed by atoms with Crippen LogP contribution in [0.15, 0.2) is 74.8 Å². The van der Waals surface area contributed by atoms with Crippen LogP contribution in [0, 0.1) is 20.8 Å². The molecule has 196 valence electrons. The van der Waals surface area contributed by atoms with Crippen molar-refractivity contribution >= 4 is 45.0 Å². The number of hydrogen-bond donors (Lipinski definition) is 2. The fourth-order valence-electron chi connectivity index (χ4n) is 5.61. The molecule has 3 aromatic carbocycles. The third-order valence-electron chi connectivity index (χ3n) is 7.33. The molecular formula is C32H29N3O4. The summed E-state index contributed by atoms with van der Waals surface area (Å²) in [5.74, 6) is 0.456. The number of rotatable bonds is 5. The molecular weight excluding hydrogens is 490 g/mol. The molecule has 0 aliphatic heterocycles. The predicted octanol–water partition coefficient (Wildman–Crippen LogP) is 6.76. The molecule has 6 rings (SSSR count). The number of carbonyl (C=O) groups excluding carboxylic acids is 2. The quantitative estimate of drug-likeness (QED) is 0.251. The van der Waals surface area contributed by atoms with Gasteiger partial charge in [-0.05, 0) is 62.3 Å². The molecule has 39 heavy (non-hydrogen) atoms. The Morgan fingerprint density at radius 3 is 2.69 bits per heavy atom. The van der Waals surface area contributed by atoms with Crippen LogP contribution in [-0.2, 0) is 17.6 Å². The SMILES string of the molecule is Cc1cc(C)c2c(CC(=O)N/N=C3\CCCc4oc(C(=O)Nc5cccc6ccccc56)c(C)c43)coc2c1. The van der Waals surface area contributed by atoms with E-state index in [1.54, 1.807) is 6.26 Å². The molecule has 2 heterocycles. The first-order valence-electron chi connectivity index (χ1n) is 13.1. The van der Waals surface area contributed by atoms with Gasteiger partial charge >= 0.3 is 0 Å². The van der Waals surface area contributed by atoms with Crippen molar-refractivity contribution in [2.45, 2.75) is 46.5 Å². The number of nitrogens with one attached hydrogen (secondary N) is 2. The summed E-state index contributed by atoms with van der Waals surface area (Å²) in [6.07, 6.45) is 4.02. The van der Waals surface area contributed by atoms with Gasteiger partial charge in [0.2, 0.25) is 5.91 Å². The van der Waals surface area contributed by atoms with Crippen LogP contribution in [-0.4, -0.2) is 17.5 Å². The second kappa shape index (κ2) is 9.91. The van der Waals surface area contributed by atoms with Gasteiger partial charge in [0, 0.05) is 39.6 Å². The average molecular weight is 520 g/mol. The number of carbonyl (C=O) groups is 2. The van der Waals surface area contributed by atoms with E-state index in [0.717, 1.165) is 73.1 Å². The van der Waals surface area contributed by atoms with Crippen molar-refractivity contribution in [2.24, 2.45) is 5.10 Å². The summed E-state index contributed by atoms with van der Waals surface area (Å²) in [7, 11) is 0. The summed E-state index contributed by atoms with van der Waals surface area (Å²) in [5, 5.41) is 10.5. The Labute approximate surface area is 225 Å². The predicted molar refractivity (Wildman–Crippen MR) is 152 cm³/mol. The van der Waals surface area contributed by atoms with Crippen molar-refractivity contribution in [3.05, 3.63) is 100 Å². The molecule has 1 aliphatic carbocycles. The highest BCUT2D eigenvalue weighted by atomic mass is 16.4. The van der Waals surface area contributed by atoms with Crippen LogP contribution in [0.3, 0.4) is 0 Å². The minimum atomic E-state index is -0.306. The van der Waals surface area contributed by atoms with E-state index in [-0.39, 0.29) is 24.0 Å². The molecule has 0 fully saturated rings. The lowest BCUT2D eigenvalue weighted by Gasteiger charge is -2.13. The van der Waals surface area contributed by atoms with Crippen molar-refractivity contribution in [1.29, 1.82) is 0 Å². The second-order valence-corrected chi connectivity index (χ2v) is 10.2. The molecule has 0 spiro atoms. The van der Waals surface area contributed by atoms with Gasteiger partial charge in [0.15, 0.2) is 5.76 Å². The Bertz CT molecular complexity index is 1790. The molecule has 1 aliphatic rings. The van der Waals surface area contributed by atoms with Crippen LogP contribution < -0.4 is 10.7 Å². The van der Waals surface area contributed by atoms with Crippen LogP contribution in [0.25, 0.3) is 21.7 Å². The van der Waals surface area contributed by atoms with Crippen LogP contribution in [0.1, 0.15) is 57.0 Å².